The van der Waals surface area contributed by atoms with E-state index < -0.39 is 0 Å². The largest absolute Gasteiger partial charge is 0.334 e. The van der Waals surface area contributed by atoms with E-state index in [-0.39, 0.29) is 6.03 Å². The van der Waals surface area contributed by atoms with E-state index in [1.165, 1.54) is 5.56 Å². The molecular weight excluding hydrogens is 342 g/mol. The number of pyridine rings is 1. The van der Waals surface area contributed by atoms with Crippen LogP contribution in [0.2, 0.25) is 0 Å². The summed E-state index contributed by atoms with van der Waals surface area (Å²) >= 11 is 3.43. The summed E-state index contributed by atoms with van der Waals surface area (Å²) in [7, 11) is 0. The number of hydrogen-bond donors (Lipinski definition) is 1. The number of carbonyl (C=O) groups excluding carboxylic acids is 1. The molecule has 2 aromatic rings. The van der Waals surface area contributed by atoms with Crippen molar-refractivity contribution >= 4 is 22.0 Å². The number of hydrogen-bond acceptors (Lipinski definition) is 2. The third-order valence-electron chi connectivity index (χ3n) is 3.42. The Kier molecular flexibility index (Phi) is 6.40. The van der Waals surface area contributed by atoms with Crippen LogP contribution < -0.4 is 5.32 Å². The van der Waals surface area contributed by atoms with Crippen molar-refractivity contribution in [2.24, 2.45) is 0 Å². The second-order valence-electron chi connectivity index (χ2n) is 4.97. The fourth-order valence-electron chi connectivity index (χ4n) is 2.15. The van der Waals surface area contributed by atoms with Crippen molar-refractivity contribution in [3.8, 4) is 0 Å². The second-order valence-corrected chi connectivity index (χ2v) is 5.89. The highest BCUT2D eigenvalue weighted by atomic mass is 79.9. The van der Waals surface area contributed by atoms with E-state index in [0.717, 1.165) is 16.5 Å². The van der Waals surface area contributed by atoms with Gasteiger partial charge in [-0.1, -0.05) is 28.1 Å². The van der Waals surface area contributed by atoms with Gasteiger partial charge in [-0.3, -0.25) is 4.98 Å². The van der Waals surface area contributed by atoms with Gasteiger partial charge in [-0.25, -0.2) is 4.79 Å². The van der Waals surface area contributed by atoms with Crippen LogP contribution in [0.1, 0.15) is 18.1 Å². The number of urea groups is 1. The second kappa shape index (κ2) is 8.54. The van der Waals surface area contributed by atoms with Crippen LogP contribution in [0.25, 0.3) is 0 Å². The van der Waals surface area contributed by atoms with Gasteiger partial charge in [-0.15, -0.1) is 0 Å². The van der Waals surface area contributed by atoms with Crippen molar-refractivity contribution in [2.45, 2.75) is 19.9 Å². The molecule has 1 aromatic carbocycles. The molecule has 116 valence electrons. The van der Waals surface area contributed by atoms with E-state index in [9.17, 15) is 4.79 Å². The maximum atomic E-state index is 12.2. The normalized spacial score (nSPS) is 10.3. The highest BCUT2D eigenvalue weighted by molar-refractivity contribution is 9.10. The fraction of sp³-hybridized carbons (Fsp3) is 0.294. The van der Waals surface area contributed by atoms with Crippen LogP contribution in [0.5, 0.6) is 0 Å². The quantitative estimate of drug-likeness (QED) is 0.853. The van der Waals surface area contributed by atoms with E-state index in [1.54, 1.807) is 12.4 Å². The number of likely N-dealkylation sites (N-methyl/N-ethyl adjacent to an activating group) is 1. The van der Waals surface area contributed by atoms with Crippen molar-refractivity contribution in [3.05, 3.63) is 64.4 Å². The van der Waals surface area contributed by atoms with Crippen molar-refractivity contribution in [3.63, 3.8) is 0 Å². The van der Waals surface area contributed by atoms with Crippen LogP contribution in [0.3, 0.4) is 0 Å². The number of benzene rings is 1. The van der Waals surface area contributed by atoms with Gasteiger partial charge < -0.3 is 10.2 Å². The Labute approximate surface area is 139 Å². The van der Waals surface area contributed by atoms with Crippen LogP contribution in [0, 0.1) is 0 Å². The number of nitrogens with one attached hydrogen (secondary N) is 1. The summed E-state index contributed by atoms with van der Waals surface area (Å²) in [6.07, 6.45) is 4.39. The molecule has 1 N–H and O–H groups in total. The maximum Gasteiger partial charge on any atom is 0.317 e. The van der Waals surface area contributed by atoms with Crippen molar-refractivity contribution in [2.75, 3.05) is 13.1 Å². The predicted molar refractivity (Wildman–Crippen MR) is 91.6 cm³/mol. The topological polar surface area (TPSA) is 45.2 Å². The van der Waals surface area contributed by atoms with E-state index in [1.807, 2.05) is 48.2 Å². The van der Waals surface area contributed by atoms with Gasteiger partial charge in [0.2, 0.25) is 0 Å². The number of amides is 2. The SMILES string of the molecule is CCN(CCc1ccncc1)C(=O)NCc1cccc(Br)c1. The first-order valence-electron chi connectivity index (χ1n) is 7.35. The molecule has 0 atom stereocenters. The van der Waals surface area contributed by atoms with Crippen molar-refractivity contribution < 1.29 is 4.79 Å². The van der Waals surface area contributed by atoms with E-state index in [2.05, 4.69) is 26.2 Å². The molecule has 0 bridgehead atoms. The zero-order valence-electron chi connectivity index (χ0n) is 12.6. The Hall–Kier alpha value is -1.88. The van der Waals surface area contributed by atoms with Gasteiger partial charge in [0.05, 0.1) is 0 Å². The molecule has 2 amide bonds. The molecule has 5 heteroatoms. The van der Waals surface area contributed by atoms with Gasteiger partial charge in [0.15, 0.2) is 0 Å². The summed E-state index contributed by atoms with van der Waals surface area (Å²) < 4.78 is 1.02. The summed E-state index contributed by atoms with van der Waals surface area (Å²) in [6.45, 7) is 3.91. The molecule has 0 saturated heterocycles. The lowest BCUT2D eigenvalue weighted by Gasteiger charge is -2.21. The Morgan fingerprint density at radius 3 is 2.68 bits per heavy atom. The van der Waals surface area contributed by atoms with Gasteiger partial charge in [-0.05, 0) is 48.7 Å². The first kappa shape index (κ1) is 16.5. The Balaban J connectivity index is 1.83. The Morgan fingerprint density at radius 2 is 2.00 bits per heavy atom. The van der Waals surface area contributed by atoms with Gasteiger partial charge in [0.25, 0.3) is 0 Å². The van der Waals surface area contributed by atoms with Crippen molar-refractivity contribution in [1.82, 2.24) is 15.2 Å². The minimum atomic E-state index is -0.0310. The van der Waals surface area contributed by atoms with E-state index in [0.29, 0.717) is 19.6 Å². The molecule has 0 unspecified atom stereocenters. The summed E-state index contributed by atoms with van der Waals surface area (Å²) in [5, 5.41) is 2.97. The lowest BCUT2D eigenvalue weighted by Crippen LogP contribution is -2.40. The summed E-state index contributed by atoms with van der Waals surface area (Å²) in [5.41, 5.74) is 2.26. The Morgan fingerprint density at radius 1 is 1.23 bits per heavy atom. The maximum absolute atomic E-state index is 12.2. The number of rotatable bonds is 6. The molecule has 22 heavy (non-hydrogen) atoms. The lowest BCUT2D eigenvalue weighted by atomic mass is 10.2. The third kappa shape index (κ3) is 5.15. The first-order valence-corrected chi connectivity index (χ1v) is 8.14. The van der Waals surface area contributed by atoms with Crippen LogP contribution >= 0.6 is 15.9 Å². The van der Waals surface area contributed by atoms with Crippen molar-refractivity contribution in [1.29, 1.82) is 0 Å². The molecule has 4 nitrogen and oxygen atoms in total. The summed E-state index contributed by atoms with van der Waals surface area (Å²) in [6, 6.07) is 11.9. The van der Waals surface area contributed by atoms with Crippen LogP contribution in [0.4, 0.5) is 4.79 Å². The van der Waals surface area contributed by atoms with Gasteiger partial charge in [0.1, 0.15) is 0 Å². The average molecular weight is 362 g/mol. The molecule has 0 radical (unpaired) electrons. The predicted octanol–water partition coefficient (Wildman–Crippen LogP) is 3.62. The monoisotopic (exact) mass is 361 g/mol. The highest BCUT2D eigenvalue weighted by Crippen LogP contribution is 2.11. The molecule has 1 aromatic heterocycles. The molecule has 0 spiro atoms. The smallest absolute Gasteiger partial charge is 0.317 e. The minimum absolute atomic E-state index is 0.0310. The molecule has 0 aliphatic carbocycles. The van der Waals surface area contributed by atoms with Crippen LogP contribution in [0.15, 0.2) is 53.3 Å². The van der Waals surface area contributed by atoms with E-state index >= 15 is 0 Å². The average Bonchev–Trinajstić information content (AvgIpc) is 2.54. The Bertz CT molecular complexity index is 604. The van der Waals surface area contributed by atoms with E-state index in [4.69, 9.17) is 0 Å². The number of nitrogens with zero attached hydrogens (tertiary/aromatic N) is 2. The number of aromatic nitrogens is 1. The van der Waals surface area contributed by atoms with Gasteiger partial charge >= 0.3 is 6.03 Å². The van der Waals surface area contributed by atoms with Gasteiger partial charge in [-0.2, -0.15) is 0 Å². The number of halogens is 1. The van der Waals surface area contributed by atoms with Gasteiger partial charge in [0, 0.05) is 36.5 Å². The zero-order valence-corrected chi connectivity index (χ0v) is 14.2. The molecule has 0 aliphatic rings. The summed E-state index contributed by atoms with van der Waals surface area (Å²) in [4.78, 5) is 18.1. The minimum Gasteiger partial charge on any atom is -0.334 e. The zero-order chi connectivity index (χ0) is 15.8. The number of carbonyl (C=O) groups is 1. The molecular formula is C17H20BrN3O. The third-order valence-corrected chi connectivity index (χ3v) is 3.91. The molecule has 1 heterocycles. The van der Waals surface area contributed by atoms with Crippen LogP contribution in [-0.2, 0) is 13.0 Å². The molecule has 0 aliphatic heterocycles. The standard InChI is InChI=1S/C17H20BrN3O/c1-2-21(11-8-14-6-9-19-10-7-14)17(22)20-13-15-4-3-5-16(18)12-15/h3-7,9-10,12H,2,8,11,13H2,1H3,(H,20,22). The molecule has 0 fully saturated rings. The van der Waals surface area contributed by atoms with Crippen LogP contribution in [-0.4, -0.2) is 29.0 Å². The molecule has 2 rings (SSSR count). The first-order chi connectivity index (χ1) is 10.7. The lowest BCUT2D eigenvalue weighted by molar-refractivity contribution is 0.200. The highest BCUT2D eigenvalue weighted by Gasteiger charge is 2.10. The fourth-order valence-corrected chi connectivity index (χ4v) is 2.60. The summed E-state index contributed by atoms with van der Waals surface area (Å²) in [5.74, 6) is 0. The molecule has 0 saturated carbocycles.